The number of thioether (sulfide) groups is 3. The first-order valence-corrected chi connectivity index (χ1v) is 14.2. The summed E-state index contributed by atoms with van der Waals surface area (Å²) < 4.78 is 6.27. The van der Waals surface area contributed by atoms with Gasteiger partial charge in [0.2, 0.25) is 0 Å². The highest BCUT2D eigenvalue weighted by Gasteiger charge is 2.43. The Labute approximate surface area is 204 Å². The fraction of sp³-hybridized carbons (Fsp3) is 0.667. The quantitative estimate of drug-likeness (QED) is 0.229. The first-order chi connectivity index (χ1) is 15.1. The van der Waals surface area contributed by atoms with Crippen LogP contribution >= 0.6 is 35.3 Å². The van der Waals surface area contributed by atoms with Gasteiger partial charge in [-0.25, -0.2) is 0 Å². The predicted octanol–water partition coefficient (Wildman–Crippen LogP) is 6.26. The summed E-state index contributed by atoms with van der Waals surface area (Å²) in [5.41, 5.74) is 1.08. The Hall–Kier alpha value is -0.990. The molecule has 0 amide bonds. The Bertz CT molecular complexity index is 800. The van der Waals surface area contributed by atoms with Crippen molar-refractivity contribution in [1.29, 1.82) is 0 Å². The first kappa shape index (κ1) is 27.3. The van der Waals surface area contributed by atoms with Crippen LogP contribution in [0.4, 0.5) is 0 Å². The molecule has 0 aliphatic carbocycles. The highest BCUT2D eigenvalue weighted by Crippen LogP contribution is 2.56. The van der Waals surface area contributed by atoms with E-state index in [1.165, 1.54) is 6.92 Å². The molecule has 32 heavy (non-hydrogen) atoms. The van der Waals surface area contributed by atoms with Gasteiger partial charge in [-0.05, 0) is 64.3 Å². The van der Waals surface area contributed by atoms with Crippen LogP contribution in [0.25, 0.3) is 0 Å². The lowest BCUT2D eigenvalue weighted by Gasteiger charge is -2.27. The third-order valence-electron chi connectivity index (χ3n) is 5.38. The minimum atomic E-state index is -0.714. The van der Waals surface area contributed by atoms with Gasteiger partial charge in [0, 0.05) is 28.2 Å². The Morgan fingerprint density at radius 2 is 2.00 bits per heavy atom. The maximum Gasteiger partial charge on any atom is 0.303 e. The number of carbonyl (C=O) groups excluding carboxylic acids is 1. The number of carbonyl (C=O) groups is 2. The van der Waals surface area contributed by atoms with Crippen LogP contribution in [-0.4, -0.2) is 54.7 Å². The molecule has 1 saturated heterocycles. The lowest BCUT2D eigenvalue weighted by molar-refractivity contribution is -0.137. The fourth-order valence-electron chi connectivity index (χ4n) is 3.80. The molecule has 1 aliphatic heterocycles. The Morgan fingerprint density at radius 1 is 1.25 bits per heavy atom. The number of carboxylic acid groups (broad SMARTS) is 1. The van der Waals surface area contributed by atoms with Gasteiger partial charge in [0.25, 0.3) is 0 Å². The maximum absolute atomic E-state index is 11.7. The van der Waals surface area contributed by atoms with Crippen LogP contribution in [-0.2, 0) is 11.2 Å². The normalized spacial score (nSPS) is 22.8. The lowest BCUT2D eigenvalue weighted by atomic mass is 10.0. The molecule has 2 atom stereocenters. The van der Waals surface area contributed by atoms with Crippen LogP contribution in [0.3, 0.4) is 0 Å². The van der Waals surface area contributed by atoms with Crippen LogP contribution in [0.15, 0.2) is 12.1 Å². The van der Waals surface area contributed by atoms with Crippen molar-refractivity contribution >= 4 is 47.0 Å². The van der Waals surface area contributed by atoms with Crippen LogP contribution in [0, 0.1) is 0 Å². The Morgan fingerprint density at radius 3 is 2.66 bits per heavy atom. The number of hydrogen-bond acceptors (Lipinski definition) is 7. The molecule has 5 nitrogen and oxygen atoms in total. The summed E-state index contributed by atoms with van der Waals surface area (Å²) in [6.07, 6.45) is 4.36. The summed E-state index contributed by atoms with van der Waals surface area (Å²) in [7, 11) is 0. The zero-order chi connectivity index (χ0) is 23.8. The number of Topliss-reactive ketones (excluding diaryl/α,β-unsaturated/α-hetero) is 1. The number of aliphatic carboxylic acids is 1. The van der Waals surface area contributed by atoms with Crippen molar-refractivity contribution in [2.75, 3.05) is 23.9 Å². The van der Waals surface area contributed by atoms with Crippen molar-refractivity contribution in [2.24, 2.45) is 0 Å². The van der Waals surface area contributed by atoms with E-state index >= 15 is 0 Å². The molecular weight excluding hydrogens is 464 g/mol. The second-order valence-corrected chi connectivity index (χ2v) is 13.7. The smallest absolute Gasteiger partial charge is 0.303 e. The number of hydrogen-bond donors (Lipinski definition) is 2. The second-order valence-electron chi connectivity index (χ2n) is 8.72. The summed E-state index contributed by atoms with van der Waals surface area (Å²) >= 11 is 5.90. The molecule has 2 unspecified atom stereocenters. The van der Waals surface area contributed by atoms with E-state index in [4.69, 9.17) is 9.84 Å². The van der Waals surface area contributed by atoms with Gasteiger partial charge >= 0.3 is 5.97 Å². The van der Waals surface area contributed by atoms with Gasteiger partial charge in [-0.1, -0.05) is 13.3 Å². The van der Waals surface area contributed by atoms with E-state index in [1.807, 2.05) is 42.2 Å². The SMILES string of the molecule is CCCc1c(OCCCSCC2(C)CSC(C)(CCCC(=O)O)S2)ccc(C(C)=O)c1O. The third kappa shape index (κ3) is 8.10. The van der Waals surface area contributed by atoms with Gasteiger partial charge in [-0.3, -0.25) is 9.59 Å². The average Bonchev–Trinajstić information content (AvgIpc) is 3.01. The fourth-order valence-corrected chi connectivity index (χ4v) is 9.13. The number of aromatic hydroxyl groups is 1. The molecule has 1 aromatic carbocycles. The van der Waals surface area contributed by atoms with Gasteiger partial charge in [-0.2, -0.15) is 11.8 Å². The van der Waals surface area contributed by atoms with E-state index in [0.717, 1.165) is 48.5 Å². The molecule has 0 aromatic heterocycles. The van der Waals surface area contributed by atoms with E-state index in [-0.39, 0.29) is 26.8 Å². The number of carboxylic acids is 1. The average molecular weight is 501 g/mol. The number of ether oxygens (including phenoxy) is 1. The monoisotopic (exact) mass is 500 g/mol. The number of benzene rings is 1. The van der Waals surface area contributed by atoms with Gasteiger partial charge in [0.15, 0.2) is 5.78 Å². The standard InChI is InChI=1S/C24H36O5S3/c1-5-8-19-20(11-10-18(17(2)25)22(19)28)29-13-7-14-30-15-23(3)16-31-24(4,32-23)12-6-9-21(26)27/h10-11,28H,5-9,12-16H2,1-4H3,(H,26,27). The van der Waals surface area contributed by atoms with E-state index in [0.29, 0.717) is 24.3 Å². The van der Waals surface area contributed by atoms with Crippen molar-refractivity contribution in [2.45, 2.75) is 75.0 Å². The predicted molar refractivity (Wildman–Crippen MR) is 138 cm³/mol. The summed E-state index contributed by atoms with van der Waals surface area (Å²) in [5.74, 6) is 3.02. The zero-order valence-corrected chi connectivity index (χ0v) is 22.0. The van der Waals surface area contributed by atoms with Crippen molar-refractivity contribution in [3.05, 3.63) is 23.3 Å². The Kier molecular flexibility index (Phi) is 10.6. The molecule has 2 rings (SSSR count). The molecule has 1 fully saturated rings. The highest BCUT2D eigenvalue weighted by atomic mass is 32.2. The first-order valence-electron chi connectivity index (χ1n) is 11.2. The minimum Gasteiger partial charge on any atom is -0.507 e. The molecule has 8 heteroatoms. The summed E-state index contributed by atoms with van der Waals surface area (Å²) in [6, 6.07) is 3.44. The number of phenolic OH excluding ortho intramolecular Hbond substituents is 1. The molecule has 1 heterocycles. The number of phenols is 1. The molecule has 180 valence electrons. The maximum atomic E-state index is 11.7. The molecular formula is C24H36O5S3. The summed E-state index contributed by atoms with van der Waals surface area (Å²) in [6.45, 7) is 8.63. The van der Waals surface area contributed by atoms with Crippen molar-refractivity contribution in [3.8, 4) is 11.5 Å². The van der Waals surface area contributed by atoms with Crippen LogP contribution < -0.4 is 4.74 Å². The van der Waals surface area contributed by atoms with Gasteiger partial charge in [0.05, 0.1) is 16.2 Å². The molecule has 0 bridgehead atoms. The molecule has 1 aromatic rings. The largest absolute Gasteiger partial charge is 0.507 e. The second kappa shape index (κ2) is 12.5. The summed E-state index contributed by atoms with van der Waals surface area (Å²) in [5, 5.41) is 19.3. The highest BCUT2D eigenvalue weighted by molar-refractivity contribution is 8.22. The topological polar surface area (TPSA) is 83.8 Å². The molecule has 2 N–H and O–H groups in total. The molecule has 0 spiro atoms. The van der Waals surface area contributed by atoms with Gasteiger partial charge < -0.3 is 14.9 Å². The molecule has 0 radical (unpaired) electrons. The van der Waals surface area contributed by atoms with Crippen LogP contribution in [0.5, 0.6) is 11.5 Å². The van der Waals surface area contributed by atoms with Crippen LogP contribution in [0.1, 0.15) is 75.7 Å². The van der Waals surface area contributed by atoms with E-state index in [9.17, 15) is 14.7 Å². The van der Waals surface area contributed by atoms with Crippen molar-refractivity contribution < 1.29 is 24.5 Å². The van der Waals surface area contributed by atoms with Crippen molar-refractivity contribution in [3.63, 3.8) is 0 Å². The lowest BCUT2D eigenvalue weighted by Crippen LogP contribution is -2.25. The molecule has 1 aliphatic rings. The van der Waals surface area contributed by atoms with Gasteiger partial charge in [0.1, 0.15) is 11.5 Å². The van der Waals surface area contributed by atoms with Crippen molar-refractivity contribution in [1.82, 2.24) is 0 Å². The minimum absolute atomic E-state index is 0.0568. The Balaban J connectivity index is 1.75. The third-order valence-corrected chi connectivity index (χ3v) is 10.8. The summed E-state index contributed by atoms with van der Waals surface area (Å²) in [4.78, 5) is 22.5. The number of ketones is 1. The number of rotatable bonds is 14. The van der Waals surface area contributed by atoms with E-state index < -0.39 is 5.97 Å². The molecule has 0 saturated carbocycles. The zero-order valence-electron chi connectivity index (χ0n) is 19.6. The van der Waals surface area contributed by atoms with E-state index in [1.54, 1.807) is 12.1 Å². The van der Waals surface area contributed by atoms with Crippen LogP contribution in [0.2, 0.25) is 0 Å². The van der Waals surface area contributed by atoms with Gasteiger partial charge in [-0.15, -0.1) is 23.5 Å². The van der Waals surface area contributed by atoms with E-state index in [2.05, 4.69) is 13.8 Å².